The molecule has 1 aromatic carbocycles. The summed E-state index contributed by atoms with van der Waals surface area (Å²) in [7, 11) is 0. The molecule has 24 heavy (non-hydrogen) atoms. The predicted octanol–water partition coefficient (Wildman–Crippen LogP) is 2.88. The number of pyridine rings is 1. The zero-order valence-corrected chi connectivity index (χ0v) is 13.1. The number of carbonyl (C=O) groups is 1. The summed E-state index contributed by atoms with van der Waals surface area (Å²) >= 11 is 0. The fraction of sp³-hybridized carbons (Fsp3) is 0.222. The molecule has 0 unspecified atom stereocenters. The molecule has 4 rings (SSSR count). The number of nitrogens with zero attached hydrogens (tertiary/aromatic N) is 4. The van der Waals surface area contributed by atoms with Gasteiger partial charge in [0.15, 0.2) is 0 Å². The van der Waals surface area contributed by atoms with Crippen LogP contribution in [-0.4, -0.2) is 33.9 Å². The fourth-order valence-electron chi connectivity index (χ4n) is 2.94. The second-order valence-electron chi connectivity index (χ2n) is 5.79. The van der Waals surface area contributed by atoms with Gasteiger partial charge in [-0.2, -0.15) is 0 Å². The smallest absolute Gasteiger partial charge is 0.275 e. The van der Waals surface area contributed by atoms with Gasteiger partial charge < -0.3 is 10.2 Å². The molecule has 1 N–H and O–H groups in total. The zero-order valence-electron chi connectivity index (χ0n) is 13.1. The quantitative estimate of drug-likeness (QED) is 0.804. The van der Waals surface area contributed by atoms with Crippen molar-refractivity contribution in [3.63, 3.8) is 0 Å². The molecule has 6 nitrogen and oxygen atoms in total. The van der Waals surface area contributed by atoms with Gasteiger partial charge >= 0.3 is 0 Å². The lowest BCUT2D eigenvalue weighted by molar-refractivity contribution is 0.102. The van der Waals surface area contributed by atoms with Gasteiger partial charge in [0, 0.05) is 24.7 Å². The highest BCUT2D eigenvalue weighted by Crippen LogP contribution is 2.21. The zero-order chi connectivity index (χ0) is 16.4. The molecule has 0 spiro atoms. The molecule has 1 amide bonds. The number of anilines is 2. The van der Waals surface area contributed by atoms with Crippen molar-refractivity contribution in [2.24, 2.45) is 0 Å². The van der Waals surface area contributed by atoms with E-state index in [4.69, 9.17) is 0 Å². The number of carbonyl (C=O) groups excluding carboxylic acids is 1. The third-order valence-electron chi connectivity index (χ3n) is 4.18. The number of aromatic nitrogens is 3. The lowest BCUT2D eigenvalue weighted by Crippen LogP contribution is -2.20. The number of fused-ring (bicyclic) bond motifs is 1. The van der Waals surface area contributed by atoms with Crippen LogP contribution in [0.5, 0.6) is 0 Å². The molecule has 0 bridgehead atoms. The van der Waals surface area contributed by atoms with E-state index in [1.165, 1.54) is 19.0 Å². The van der Waals surface area contributed by atoms with Crippen molar-refractivity contribution in [3.05, 3.63) is 54.6 Å². The van der Waals surface area contributed by atoms with Crippen molar-refractivity contribution in [2.45, 2.75) is 12.8 Å². The molecule has 0 atom stereocenters. The van der Waals surface area contributed by atoms with Crippen LogP contribution in [0.25, 0.3) is 10.9 Å². The maximum atomic E-state index is 12.4. The molecular weight excluding hydrogens is 302 g/mol. The summed E-state index contributed by atoms with van der Waals surface area (Å²) in [5.74, 6) is 0.546. The molecule has 6 heteroatoms. The molecule has 3 aromatic rings. The summed E-state index contributed by atoms with van der Waals surface area (Å²) in [6, 6.07) is 9.52. The first-order chi connectivity index (χ1) is 11.8. The van der Waals surface area contributed by atoms with Gasteiger partial charge in [-0.3, -0.25) is 9.78 Å². The summed E-state index contributed by atoms with van der Waals surface area (Å²) in [5.41, 5.74) is 1.73. The molecule has 2 aromatic heterocycles. The topological polar surface area (TPSA) is 71.0 Å². The average Bonchev–Trinajstić information content (AvgIpc) is 3.17. The highest BCUT2D eigenvalue weighted by atomic mass is 16.1. The van der Waals surface area contributed by atoms with E-state index >= 15 is 0 Å². The summed E-state index contributed by atoms with van der Waals surface area (Å²) in [6.45, 7) is 2.00. The third-order valence-corrected chi connectivity index (χ3v) is 4.18. The molecule has 0 saturated carbocycles. The van der Waals surface area contributed by atoms with Crippen molar-refractivity contribution in [3.8, 4) is 0 Å². The second-order valence-corrected chi connectivity index (χ2v) is 5.79. The molecule has 120 valence electrons. The Morgan fingerprint density at radius 3 is 2.62 bits per heavy atom. The number of rotatable bonds is 3. The normalized spacial score (nSPS) is 14.1. The minimum atomic E-state index is -0.284. The summed E-state index contributed by atoms with van der Waals surface area (Å²) in [5, 5.41) is 3.85. The number of hydrogen-bond donors (Lipinski definition) is 1. The van der Waals surface area contributed by atoms with E-state index in [9.17, 15) is 4.79 Å². The van der Waals surface area contributed by atoms with Crippen LogP contribution < -0.4 is 10.2 Å². The number of amides is 1. The van der Waals surface area contributed by atoms with Gasteiger partial charge in [-0.25, -0.2) is 9.97 Å². The maximum absolute atomic E-state index is 12.4. The van der Waals surface area contributed by atoms with E-state index in [0.29, 0.717) is 11.4 Å². The second kappa shape index (κ2) is 6.23. The van der Waals surface area contributed by atoms with Crippen LogP contribution >= 0.6 is 0 Å². The summed E-state index contributed by atoms with van der Waals surface area (Å²) < 4.78 is 0. The van der Waals surface area contributed by atoms with E-state index in [1.807, 2.05) is 30.3 Å². The Labute approximate surface area is 139 Å². The fourth-order valence-corrected chi connectivity index (χ4v) is 2.94. The van der Waals surface area contributed by atoms with Crippen molar-refractivity contribution in [2.75, 3.05) is 23.3 Å². The van der Waals surface area contributed by atoms with Crippen LogP contribution in [0.2, 0.25) is 0 Å². The van der Waals surface area contributed by atoms with E-state index in [0.717, 1.165) is 29.8 Å². The number of nitrogens with one attached hydrogen (secondary N) is 1. The Bertz CT molecular complexity index is 867. The van der Waals surface area contributed by atoms with Gasteiger partial charge in [-0.15, -0.1) is 0 Å². The van der Waals surface area contributed by atoms with Gasteiger partial charge in [-0.1, -0.05) is 18.2 Å². The predicted molar refractivity (Wildman–Crippen MR) is 93.2 cm³/mol. The summed E-state index contributed by atoms with van der Waals surface area (Å²) in [6.07, 6.45) is 7.27. The van der Waals surface area contributed by atoms with E-state index < -0.39 is 0 Å². The first-order valence-electron chi connectivity index (χ1n) is 8.03. The Balaban J connectivity index is 1.55. The number of benzene rings is 1. The van der Waals surface area contributed by atoms with Crippen LogP contribution in [0.3, 0.4) is 0 Å². The first-order valence-corrected chi connectivity index (χ1v) is 8.03. The molecule has 1 aliphatic rings. The average molecular weight is 319 g/mol. The Hall–Kier alpha value is -3.02. The molecule has 1 saturated heterocycles. The third kappa shape index (κ3) is 2.78. The Morgan fingerprint density at radius 1 is 1.00 bits per heavy atom. The maximum Gasteiger partial charge on any atom is 0.275 e. The van der Waals surface area contributed by atoms with Crippen LogP contribution in [0.4, 0.5) is 11.5 Å². The van der Waals surface area contributed by atoms with Crippen LogP contribution in [-0.2, 0) is 0 Å². The molecule has 0 aliphatic carbocycles. The molecule has 3 heterocycles. The van der Waals surface area contributed by atoms with Crippen molar-refractivity contribution >= 4 is 28.3 Å². The number of hydrogen-bond acceptors (Lipinski definition) is 5. The largest absolute Gasteiger partial charge is 0.355 e. The monoisotopic (exact) mass is 319 g/mol. The summed E-state index contributed by atoms with van der Waals surface area (Å²) in [4.78, 5) is 27.6. The molecular formula is C18H17N5O. The van der Waals surface area contributed by atoms with Gasteiger partial charge in [0.05, 0.1) is 23.6 Å². The highest BCUT2D eigenvalue weighted by Gasteiger charge is 2.15. The Morgan fingerprint density at radius 2 is 1.83 bits per heavy atom. The van der Waals surface area contributed by atoms with Crippen LogP contribution in [0.15, 0.2) is 48.9 Å². The standard InChI is InChI=1S/C18H17N5O/c24-18(15-11-21-16(12-20-15)23-9-1-2-10-23)22-14-7-3-5-13-6-4-8-19-17(13)14/h3-8,11-12H,1-2,9-10H2,(H,22,24). The number of para-hydroxylation sites is 1. The molecule has 1 fully saturated rings. The highest BCUT2D eigenvalue weighted by molar-refractivity contribution is 6.07. The lowest BCUT2D eigenvalue weighted by Gasteiger charge is -2.15. The van der Waals surface area contributed by atoms with Gasteiger partial charge in [-0.05, 0) is 25.0 Å². The minimum Gasteiger partial charge on any atom is -0.355 e. The van der Waals surface area contributed by atoms with E-state index in [1.54, 1.807) is 12.4 Å². The van der Waals surface area contributed by atoms with Gasteiger partial charge in [0.1, 0.15) is 11.5 Å². The SMILES string of the molecule is O=C(Nc1cccc2cccnc12)c1cnc(N2CCCC2)cn1. The first kappa shape index (κ1) is 14.6. The van der Waals surface area contributed by atoms with E-state index in [2.05, 4.69) is 25.2 Å². The van der Waals surface area contributed by atoms with Gasteiger partial charge in [0.25, 0.3) is 5.91 Å². The molecule has 0 radical (unpaired) electrons. The molecule has 1 aliphatic heterocycles. The Kier molecular flexibility index (Phi) is 3.78. The van der Waals surface area contributed by atoms with Crippen molar-refractivity contribution in [1.29, 1.82) is 0 Å². The van der Waals surface area contributed by atoms with E-state index in [-0.39, 0.29) is 5.91 Å². The van der Waals surface area contributed by atoms with Crippen molar-refractivity contribution < 1.29 is 4.79 Å². The van der Waals surface area contributed by atoms with Gasteiger partial charge in [0.2, 0.25) is 0 Å². The van der Waals surface area contributed by atoms with Crippen LogP contribution in [0.1, 0.15) is 23.3 Å². The lowest BCUT2D eigenvalue weighted by atomic mass is 10.2. The van der Waals surface area contributed by atoms with Crippen LogP contribution in [0, 0.1) is 0 Å². The van der Waals surface area contributed by atoms with Crippen molar-refractivity contribution in [1.82, 2.24) is 15.0 Å². The minimum absolute atomic E-state index is 0.284.